The standard InChI is InChI=1S/C17H13Cl2N3O3S2/c1-27(24,25)22-12-5-2-10(3-6-12)15-9-26-17(20-15)21-16(23)11-4-7-13(18)14(19)8-11/h2-9,22H,1H3,(H,20,21,23). The second-order valence-corrected chi connectivity index (χ2v) is 8.99. The van der Waals surface area contributed by atoms with Crippen molar-refractivity contribution in [3.63, 3.8) is 0 Å². The molecule has 1 amide bonds. The van der Waals surface area contributed by atoms with Crippen LogP contribution in [0, 0.1) is 0 Å². The van der Waals surface area contributed by atoms with Crippen LogP contribution in [0.4, 0.5) is 10.8 Å². The SMILES string of the molecule is CS(=O)(=O)Nc1ccc(-c2csc(NC(=O)c3ccc(Cl)c(Cl)c3)n2)cc1. The monoisotopic (exact) mass is 441 g/mol. The van der Waals surface area contributed by atoms with Crippen LogP contribution in [0.2, 0.25) is 10.0 Å². The van der Waals surface area contributed by atoms with Gasteiger partial charge in [-0.15, -0.1) is 11.3 Å². The van der Waals surface area contributed by atoms with Gasteiger partial charge in [0.2, 0.25) is 10.0 Å². The van der Waals surface area contributed by atoms with E-state index in [1.54, 1.807) is 41.8 Å². The summed E-state index contributed by atoms with van der Waals surface area (Å²) in [6, 6.07) is 11.4. The first-order chi connectivity index (χ1) is 12.7. The lowest BCUT2D eigenvalue weighted by Gasteiger charge is -2.04. The van der Waals surface area contributed by atoms with Crippen molar-refractivity contribution in [3.8, 4) is 11.3 Å². The highest BCUT2D eigenvalue weighted by Crippen LogP contribution is 2.27. The van der Waals surface area contributed by atoms with Gasteiger partial charge in [0.15, 0.2) is 5.13 Å². The summed E-state index contributed by atoms with van der Waals surface area (Å²) in [7, 11) is -3.32. The van der Waals surface area contributed by atoms with Crippen molar-refractivity contribution in [2.24, 2.45) is 0 Å². The largest absolute Gasteiger partial charge is 0.298 e. The zero-order chi connectivity index (χ0) is 19.6. The van der Waals surface area contributed by atoms with E-state index in [-0.39, 0.29) is 5.91 Å². The molecule has 3 rings (SSSR count). The number of hydrogen-bond acceptors (Lipinski definition) is 5. The number of nitrogens with one attached hydrogen (secondary N) is 2. The Hall–Kier alpha value is -2.13. The van der Waals surface area contributed by atoms with Crippen LogP contribution in [-0.2, 0) is 10.0 Å². The Morgan fingerprint density at radius 3 is 2.41 bits per heavy atom. The van der Waals surface area contributed by atoms with E-state index in [1.165, 1.54) is 17.4 Å². The third kappa shape index (κ3) is 5.20. The van der Waals surface area contributed by atoms with Gasteiger partial charge >= 0.3 is 0 Å². The molecule has 0 radical (unpaired) electrons. The molecule has 0 fully saturated rings. The quantitative estimate of drug-likeness (QED) is 0.598. The number of halogens is 2. The van der Waals surface area contributed by atoms with Crippen LogP contribution >= 0.6 is 34.5 Å². The molecule has 0 aliphatic heterocycles. The van der Waals surface area contributed by atoms with Crippen molar-refractivity contribution in [2.45, 2.75) is 0 Å². The minimum absolute atomic E-state index is 0.298. The summed E-state index contributed by atoms with van der Waals surface area (Å²) >= 11 is 13.1. The molecule has 0 spiro atoms. The average Bonchev–Trinajstić information content (AvgIpc) is 3.05. The first kappa shape index (κ1) is 19.6. The summed E-state index contributed by atoms with van der Waals surface area (Å²) in [5.41, 5.74) is 2.29. The number of anilines is 2. The highest BCUT2D eigenvalue weighted by molar-refractivity contribution is 7.92. The van der Waals surface area contributed by atoms with Crippen molar-refractivity contribution in [1.29, 1.82) is 0 Å². The molecule has 0 saturated heterocycles. The lowest BCUT2D eigenvalue weighted by molar-refractivity contribution is 0.102. The van der Waals surface area contributed by atoms with E-state index < -0.39 is 10.0 Å². The minimum atomic E-state index is -3.32. The Morgan fingerprint density at radius 1 is 1.07 bits per heavy atom. The van der Waals surface area contributed by atoms with Crippen molar-refractivity contribution in [3.05, 3.63) is 63.5 Å². The number of sulfonamides is 1. The molecule has 2 N–H and O–H groups in total. The number of amides is 1. The van der Waals surface area contributed by atoms with E-state index in [9.17, 15) is 13.2 Å². The summed E-state index contributed by atoms with van der Waals surface area (Å²) in [6.45, 7) is 0. The van der Waals surface area contributed by atoms with Gasteiger partial charge in [0.1, 0.15) is 0 Å². The van der Waals surface area contributed by atoms with Gasteiger partial charge in [-0.1, -0.05) is 35.3 Å². The molecule has 0 unspecified atom stereocenters. The smallest absolute Gasteiger partial charge is 0.257 e. The maximum absolute atomic E-state index is 12.3. The molecule has 6 nitrogen and oxygen atoms in total. The summed E-state index contributed by atoms with van der Waals surface area (Å²) < 4.78 is 24.9. The number of benzene rings is 2. The predicted molar refractivity (Wildman–Crippen MR) is 110 cm³/mol. The molecule has 3 aromatic rings. The number of aromatic nitrogens is 1. The molecule has 0 bridgehead atoms. The van der Waals surface area contributed by atoms with E-state index in [2.05, 4.69) is 15.0 Å². The van der Waals surface area contributed by atoms with Crippen molar-refractivity contribution < 1.29 is 13.2 Å². The Kier molecular flexibility index (Phi) is 5.71. The first-order valence-electron chi connectivity index (χ1n) is 7.51. The molecular weight excluding hydrogens is 429 g/mol. The Labute approximate surface area is 170 Å². The van der Waals surface area contributed by atoms with E-state index in [0.29, 0.717) is 32.1 Å². The fraction of sp³-hybridized carbons (Fsp3) is 0.0588. The van der Waals surface area contributed by atoms with Crippen LogP contribution in [0.5, 0.6) is 0 Å². The van der Waals surface area contributed by atoms with E-state index in [4.69, 9.17) is 23.2 Å². The number of carbonyl (C=O) groups excluding carboxylic acids is 1. The van der Waals surface area contributed by atoms with Gasteiger partial charge in [-0.05, 0) is 30.3 Å². The first-order valence-corrected chi connectivity index (χ1v) is 11.0. The van der Waals surface area contributed by atoms with Crippen LogP contribution in [0.1, 0.15) is 10.4 Å². The molecule has 27 heavy (non-hydrogen) atoms. The Bertz CT molecular complexity index is 1100. The van der Waals surface area contributed by atoms with Gasteiger partial charge in [-0.25, -0.2) is 13.4 Å². The van der Waals surface area contributed by atoms with Gasteiger partial charge in [0.05, 0.1) is 22.0 Å². The van der Waals surface area contributed by atoms with Crippen molar-refractivity contribution in [1.82, 2.24) is 4.98 Å². The third-order valence-corrected chi connectivity index (χ3v) is 5.49. The molecule has 0 aliphatic rings. The lowest BCUT2D eigenvalue weighted by atomic mass is 10.1. The van der Waals surface area contributed by atoms with Crippen molar-refractivity contribution in [2.75, 3.05) is 16.3 Å². The normalized spacial score (nSPS) is 11.2. The molecule has 2 aromatic carbocycles. The highest BCUT2D eigenvalue weighted by atomic mass is 35.5. The minimum Gasteiger partial charge on any atom is -0.298 e. The second-order valence-electron chi connectivity index (χ2n) is 5.57. The summed E-state index contributed by atoms with van der Waals surface area (Å²) in [5.74, 6) is -0.345. The number of carbonyl (C=O) groups is 1. The summed E-state index contributed by atoms with van der Waals surface area (Å²) in [6.07, 6.45) is 1.09. The second kappa shape index (κ2) is 7.85. The van der Waals surface area contributed by atoms with Crippen LogP contribution < -0.4 is 10.0 Å². The summed E-state index contributed by atoms with van der Waals surface area (Å²) in [5, 5.41) is 5.61. The molecule has 140 valence electrons. The Balaban J connectivity index is 1.72. The molecule has 0 saturated carbocycles. The number of thiazole rings is 1. The Morgan fingerprint density at radius 2 is 1.78 bits per heavy atom. The van der Waals surface area contributed by atoms with E-state index >= 15 is 0 Å². The zero-order valence-corrected chi connectivity index (χ0v) is 17.0. The molecule has 0 atom stereocenters. The third-order valence-electron chi connectivity index (χ3n) is 3.39. The maximum Gasteiger partial charge on any atom is 0.257 e. The zero-order valence-electron chi connectivity index (χ0n) is 13.9. The van der Waals surface area contributed by atoms with Gasteiger partial charge in [-0.2, -0.15) is 0 Å². The fourth-order valence-electron chi connectivity index (χ4n) is 2.19. The molecule has 0 aliphatic carbocycles. The molecule has 1 heterocycles. The highest BCUT2D eigenvalue weighted by Gasteiger charge is 2.12. The van der Waals surface area contributed by atoms with Gasteiger partial charge in [-0.3, -0.25) is 14.8 Å². The van der Waals surface area contributed by atoms with Crippen LogP contribution in [0.25, 0.3) is 11.3 Å². The number of nitrogens with zero attached hydrogens (tertiary/aromatic N) is 1. The van der Waals surface area contributed by atoms with E-state index in [0.717, 1.165) is 11.8 Å². The molecular formula is C17H13Cl2N3O3S2. The summed E-state index contributed by atoms with van der Waals surface area (Å²) in [4.78, 5) is 16.7. The number of hydrogen-bond donors (Lipinski definition) is 2. The van der Waals surface area contributed by atoms with Crippen LogP contribution in [0.15, 0.2) is 47.8 Å². The topological polar surface area (TPSA) is 88.2 Å². The van der Waals surface area contributed by atoms with E-state index in [1.807, 2.05) is 0 Å². The lowest BCUT2D eigenvalue weighted by Crippen LogP contribution is -2.11. The van der Waals surface area contributed by atoms with Gasteiger partial charge in [0, 0.05) is 22.2 Å². The average molecular weight is 442 g/mol. The van der Waals surface area contributed by atoms with Crippen molar-refractivity contribution >= 4 is 61.3 Å². The molecule has 1 aromatic heterocycles. The van der Waals surface area contributed by atoms with Crippen LogP contribution in [-0.4, -0.2) is 25.6 Å². The fourth-order valence-corrected chi connectivity index (χ4v) is 3.77. The van der Waals surface area contributed by atoms with Crippen LogP contribution in [0.3, 0.4) is 0 Å². The molecule has 10 heteroatoms. The predicted octanol–water partition coefficient (Wildman–Crippen LogP) is 4.74. The van der Waals surface area contributed by atoms with Gasteiger partial charge in [0.25, 0.3) is 5.91 Å². The van der Waals surface area contributed by atoms with Gasteiger partial charge < -0.3 is 0 Å². The maximum atomic E-state index is 12.3. The number of rotatable bonds is 5.